The van der Waals surface area contributed by atoms with Gasteiger partial charge in [-0.1, -0.05) is 67.4 Å². The highest BCUT2D eigenvalue weighted by Crippen LogP contribution is 2.30. The Morgan fingerprint density at radius 1 is 0.929 bits per heavy atom. The van der Waals surface area contributed by atoms with Crippen LogP contribution in [-0.4, -0.2) is 18.0 Å². The minimum atomic E-state index is -0.133. The summed E-state index contributed by atoms with van der Waals surface area (Å²) < 4.78 is 5.89. The fourth-order valence-electron chi connectivity index (χ4n) is 4.32. The lowest BCUT2D eigenvalue weighted by Gasteiger charge is -2.26. The molecule has 148 valence electrons. The van der Waals surface area contributed by atoms with Crippen LogP contribution in [-0.2, 0) is 29.3 Å². The van der Waals surface area contributed by atoms with Crippen LogP contribution in [0.2, 0.25) is 0 Å². The molecule has 1 aliphatic heterocycles. The predicted octanol–water partition coefficient (Wildman–Crippen LogP) is 3.05. The van der Waals surface area contributed by atoms with E-state index in [-0.39, 0.29) is 11.9 Å². The second kappa shape index (κ2) is 9.32. The quantitative estimate of drug-likeness (QED) is 0.692. The number of rotatable bonds is 7. The van der Waals surface area contributed by atoms with Gasteiger partial charge in [0.25, 0.3) is 0 Å². The van der Waals surface area contributed by atoms with Crippen molar-refractivity contribution in [1.82, 2.24) is 16.2 Å². The molecule has 3 atom stereocenters. The summed E-state index contributed by atoms with van der Waals surface area (Å²) in [6.07, 6.45) is 4.74. The van der Waals surface area contributed by atoms with Crippen molar-refractivity contribution in [2.45, 2.75) is 57.5 Å². The molecule has 2 aromatic rings. The van der Waals surface area contributed by atoms with Crippen LogP contribution < -0.4 is 16.2 Å². The third-order valence-corrected chi connectivity index (χ3v) is 5.89. The van der Waals surface area contributed by atoms with Gasteiger partial charge in [0.05, 0.1) is 13.2 Å². The number of hydrogen-bond donors (Lipinski definition) is 3. The van der Waals surface area contributed by atoms with Crippen LogP contribution in [0.25, 0.3) is 0 Å². The van der Waals surface area contributed by atoms with Gasteiger partial charge >= 0.3 is 0 Å². The number of carbonyl (C=O) groups excluding carboxylic acids is 1. The molecule has 4 rings (SSSR count). The minimum absolute atomic E-state index is 0.0851. The molecule has 5 nitrogen and oxygen atoms in total. The summed E-state index contributed by atoms with van der Waals surface area (Å²) in [5, 5.41) is 3.13. The van der Waals surface area contributed by atoms with Crippen molar-refractivity contribution < 1.29 is 9.53 Å². The number of ether oxygens (including phenoxy) is 1. The fourth-order valence-corrected chi connectivity index (χ4v) is 4.32. The molecule has 2 aromatic carbocycles. The summed E-state index contributed by atoms with van der Waals surface area (Å²) in [6.45, 7) is 1.65. The average Bonchev–Trinajstić information content (AvgIpc) is 3.18. The maximum absolute atomic E-state index is 12.7. The van der Waals surface area contributed by atoms with Crippen molar-refractivity contribution in [3.63, 3.8) is 0 Å². The number of amides is 1. The lowest BCUT2D eigenvalue weighted by molar-refractivity contribution is -0.124. The van der Waals surface area contributed by atoms with Crippen molar-refractivity contribution >= 4 is 5.91 Å². The Labute approximate surface area is 166 Å². The Morgan fingerprint density at radius 2 is 1.68 bits per heavy atom. The minimum Gasteiger partial charge on any atom is -0.372 e. The second-order valence-electron chi connectivity index (χ2n) is 7.79. The fraction of sp³-hybridized carbons (Fsp3) is 0.435. The summed E-state index contributed by atoms with van der Waals surface area (Å²) >= 11 is 0. The van der Waals surface area contributed by atoms with Gasteiger partial charge < -0.3 is 10.1 Å². The molecule has 0 spiro atoms. The van der Waals surface area contributed by atoms with Gasteiger partial charge in [0.2, 0.25) is 5.91 Å². The highest BCUT2D eigenvalue weighted by atomic mass is 16.5. The lowest BCUT2D eigenvalue weighted by atomic mass is 9.81. The van der Waals surface area contributed by atoms with E-state index in [2.05, 4.69) is 40.4 Å². The van der Waals surface area contributed by atoms with Crippen molar-refractivity contribution in [2.24, 2.45) is 5.92 Å². The topological polar surface area (TPSA) is 62.4 Å². The molecule has 5 heteroatoms. The Morgan fingerprint density at radius 3 is 2.54 bits per heavy atom. The largest absolute Gasteiger partial charge is 0.372 e. The molecule has 2 aliphatic rings. The molecule has 2 fully saturated rings. The number of fused-ring (bicyclic) bond motifs is 1. The van der Waals surface area contributed by atoms with Gasteiger partial charge in [0, 0.05) is 18.5 Å². The number of hydrazine groups is 1. The zero-order valence-corrected chi connectivity index (χ0v) is 16.2. The van der Waals surface area contributed by atoms with E-state index < -0.39 is 0 Å². The zero-order chi connectivity index (χ0) is 19.2. The molecule has 1 heterocycles. The SMILES string of the molecule is O=C(NCc1ccccc1COCc1ccccc1)C1NNC2CCCCC21. The van der Waals surface area contributed by atoms with Crippen LogP contribution in [0.5, 0.6) is 0 Å². The smallest absolute Gasteiger partial charge is 0.239 e. The summed E-state index contributed by atoms with van der Waals surface area (Å²) in [5.41, 5.74) is 9.91. The van der Waals surface area contributed by atoms with Gasteiger partial charge in [-0.05, 0) is 29.5 Å². The first-order valence-corrected chi connectivity index (χ1v) is 10.3. The molecule has 3 unspecified atom stereocenters. The average molecular weight is 380 g/mol. The van der Waals surface area contributed by atoms with E-state index in [1.165, 1.54) is 12.8 Å². The Hall–Kier alpha value is -2.21. The number of carbonyl (C=O) groups is 1. The van der Waals surface area contributed by atoms with Gasteiger partial charge in [-0.15, -0.1) is 0 Å². The van der Waals surface area contributed by atoms with Crippen LogP contribution >= 0.6 is 0 Å². The van der Waals surface area contributed by atoms with Crippen LogP contribution in [0.1, 0.15) is 42.4 Å². The number of hydrogen-bond acceptors (Lipinski definition) is 4. The van der Waals surface area contributed by atoms with Crippen molar-refractivity contribution in [3.8, 4) is 0 Å². The molecule has 1 saturated carbocycles. The molecule has 1 amide bonds. The van der Waals surface area contributed by atoms with Crippen LogP contribution in [0.4, 0.5) is 0 Å². The van der Waals surface area contributed by atoms with E-state index in [1.807, 2.05) is 30.3 Å². The van der Waals surface area contributed by atoms with Crippen molar-refractivity contribution in [3.05, 3.63) is 71.3 Å². The van der Waals surface area contributed by atoms with Gasteiger partial charge in [0.1, 0.15) is 6.04 Å². The first kappa shape index (κ1) is 19.1. The summed E-state index contributed by atoms with van der Waals surface area (Å²) in [5.74, 6) is 0.486. The molecule has 0 bridgehead atoms. The zero-order valence-electron chi connectivity index (χ0n) is 16.2. The third kappa shape index (κ3) is 4.61. The Bertz CT molecular complexity index is 780. The summed E-state index contributed by atoms with van der Waals surface area (Å²) in [4.78, 5) is 12.7. The van der Waals surface area contributed by atoms with E-state index >= 15 is 0 Å². The Kier molecular flexibility index (Phi) is 6.37. The third-order valence-electron chi connectivity index (χ3n) is 5.89. The first-order chi connectivity index (χ1) is 13.8. The monoisotopic (exact) mass is 379 g/mol. The lowest BCUT2D eigenvalue weighted by Crippen LogP contribution is -2.45. The summed E-state index contributed by atoms with van der Waals surface area (Å²) in [7, 11) is 0. The van der Waals surface area contributed by atoms with Crippen molar-refractivity contribution in [1.29, 1.82) is 0 Å². The molecule has 0 radical (unpaired) electrons. The predicted molar refractivity (Wildman–Crippen MR) is 109 cm³/mol. The molecule has 28 heavy (non-hydrogen) atoms. The molecule has 1 aliphatic carbocycles. The highest BCUT2D eigenvalue weighted by molar-refractivity contribution is 5.82. The van der Waals surface area contributed by atoms with E-state index in [4.69, 9.17) is 4.74 Å². The van der Waals surface area contributed by atoms with E-state index in [9.17, 15) is 4.79 Å². The van der Waals surface area contributed by atoms with E-state index in [0.29, 0.717) is 31.7 Å². The Balaban J connectivity index is 1.30. The highest BCUT2D eigenvalue weighted by Gasteiger charge is 2.40. The summed E-state index contributed by atoms with van der Waals surface area (Å²) in [6, 6.07) is 18.6. The van der Waals surface area contributed by atoms with E-state index in [0.717, 1.165) is 29.5 Å². The van der Waals surface area contributed by atoms with Gasteiger partial charge in [-0.2, -0.15) is 0 Å². The van der Waals surface area contributed by atoms with Crippen LogP contribution in [0.15, 0.2) is 54.6 Å². The van der Waals surface area contributed by atoms with Crippen LogP contribution in [0.3, 0.4) is 0 Å². The number of nitrogens with one attached hydrogen (secondary N) is 3. The standard InChI is InChI=1S/C23H29N3O2/c27-23(22-20-12-6-7-13-21(20)25-26-22)24-14-18-10-4-5-11-19(18)16-28-15-17-8-2-1-3-9-17/h1-5,8-11,20-22,25-26H,6-7,12-16H2,(H,24,27). The maximum Gasteiger partial charge on any atom is 0.239 e. The molecule has 1 saturated heterocycles. The molecule has 0 aromatic heterocycles. The number of benzene rings is 2. The first-order valence-electron chi connectivity index (χ1n) is 10.3. The maximum atomic E-state index is 12.7. The van der Waals surface area contributed by atoms with Gasteiger partial charge in [-0.25, -0.2) is 5.43 Å². The molecular weight excluding hydrogens is 350 g/mol. The van der Waals surface area contributed by atoms with Crippen LogP contribution in [0, 0.1) is 5.92 Å². The second-order valence-corrected chi connectivity index (χ2v) is 7.79. The molecular formula is C23H29N3O2. The molecule has 3 N–H and O–H groups in total. The normalized spacial score (nSPS) is 23.9. The van der Waals surface area contributed by atoms with Gasteiger partial charge in [0.15, 0.2) is 0 Å². The van der Waals surface area contributed by atoms with Gasteiger partial charge in [-0.3, -0.25) is 10.2 Å². The van der Waals surface area contributed by atoms with E-state index in [1.54, 1.807) is 0 Å². The van der Waals surface area contributed by atoms with Crippen molar-refractivity contribution in [2.75, 3.05) is 0 Å².